The number of hydrogen-bond acceptors (Lipinski definition) is 3. The molecule has 0 bridgehead atoms. The summed E-state index contributed by atoms with van der Waals surface area (Å²) in [6.07, 6.45) is -5.32. The SMILES string of the molecule is OB(O)c1cccc(-c2[nH]c3ccccc3c2C(CC(F)(F)F)c2cccs2)c1. The van der Waals surface area contributed by atoms with Gasteiger partial charge in [-0.05, 0) is 34.1 Å². The van der Waals surface area contributed by atoms with Gasteiger partial charge >= 0.3 is 13.3 Å². The van der Waals surface area contributed by atoms with Crippen LogP contribution in [0.2, 0.25) is 0 Å². The van der Waals surface area contributed by atoms with Crippen LogP contribution in [-0.4, -0.2) is 28.3 Å². The van der Waals surface area contributed by atoms with Crippen molar-refractivity contribution >= 4 is 34.8 Å². The van der Waals surface area contributed by atoms with Crippen molar-refractivity contribution in [2.75, 3.05) is 0 Å². The van der Waals surface area contributed by atoms with Gasteiger partial charge in [-0.3, -0.25) is 0 Å². The fraction of sp³-hybridized carbons (Fsp3) is 0.143. The van der Waals surface area contributed by atoms with Gasteiger partial charge in [0.1, 0.15) is 0 Å². The quantitative estimate of drug-likeness (QED) is 0.416. The predicted octanol–water partition coefficient (Wildman–Crippen LogP) is 4.66. The van der Waals surface area contributed by atoms with E-state index in [4.69, 9.17) is 0 Å². The summed E-state index contributed by atoms with van der Waals surface area (Å²) in [5.41, 5.74) is 2.72. The smallest absolute Gasteiger partial charge is 0.423 e. The van der Waals surface area contributed by atoms with E-state index in [0.29, 0.717) is 21.7 Å². The molecule has 0 aliphatic rings. The van der Waals surface area contributed by atoms with Gasteiger partial charge in [-0.15, -0.1) is 11.3 Å². The molecule has 1 unspecified atom stereocenters. The van der Waals surface area contributed by atoms with Crippen molar-refractivity contribution in [3.8, 4) is 11.3 Å². The first-order valence-corrected chi connectivity index (χ1v) is 9.88. The number of rotatable bonds is 5. The second-order valence-corrected chi connectivity index (χ2v) is 7.82. The number of halogens is 3. The van der Waals surface area contributed by atoms with Crippen LogP contribution in [0.5, 0.6) is 0 Å². The Balaban J connectivity index is 1.97. The molecule has 3 N–H and O–H groups in total. The number of aromatic nitrogens is 1. The Kier molecular flexibility index (Phi) is 5.25. The number of aromatic amines is 1. The highest BCUT2D eigenvalue weighted by Gasteiger charge is 2.36. The molecule has 0 amide bonds. The van der Waals surface area contributed by atoms with E-state index in [1.807, 2.05) is 18.2 Å². The molecule has 2 aromatic carbocycles. The van der Waals surface area contributed by atoms with Crippen LogP contribution in [0.15, 0.2) is 66.0 Å². The second kappa shape index (κ2) is 7.70. The minimum absolute atomic E-state index is 0.274. The van der Waals surface area contributed by atoms with Crippen LogP contribution >= 0.6 is 11.3 Å². The van der Waals surface area contributed by atoms with Gasteiger partial charge in [0.05, 0.1) is 12.1 Å². The summed E-state index contributed by atoms with van der Waals surface area (Å²) in [5.74, 6) is -0.871. The van der Waals surface area contributed by atoms with Gasteiger partial charge < -0.3 is 15.0 Å². The Labute approximate surface area is 169 Å². The number of fused-ring (bicyclic) bond motifs is 1. The van der Waals surface area contributed by atoms with Gasteiger partial charge in [0.15, 0.2) is 0 Å². The molecule has 0 radical (unpaired) electrons. The molecule has 0 saturated heterocycles. The van der Waals surface area contributed by atoms with Crippen molar-refractivity contribution in [1.82, 2.24) is 4.98 Å². The highest BCUT2D eigenvalue weighted by atomic mass is 32.1. The largest absolute Gasteiger partial charge is 0.488 e. The summed E-state index contributed by atoms with van der Waals surface area (Å²) in [4.78, 5) is 3.88. The molecular formula is C21H17BF3NO2S. The zero-order valence-electron chi connectivity index (χ0n) is 15.1. The van der Waals surface area contributed by atoms with Crippen molar-refractivity contribution in [2.45, 2.75) is 18.5 Å². The highest BCUT2D eigenvalue weighted by molar-refractivity contribution is 7.10. The summed E-state index contributed by atoms with van der Waals surface area (Å²) < 4.78 is 40.6. The highest BCUT2D eigenvalue weighted by Crippen LogP contribution is 2.44. The van der Waals surface area contributed by atoms with Gasteiger partial charge in [-0.2, -0.15) is 13.2 Å². The average molecular weight is 415 g/mol. The maximum atomic E-state index is 13.5. The summed E-state index contributed by atoms with van der Waals surface area (Å²) in [7, 11) is -1.66. The maximum absolute atomic E-state index is 13.5. The molecule has 3 nitrogen and oxygen atoms in total. The van der Waals surface area contributed by atoms with E-state index in [-0.39, 0.29) is 5.46 Å². The van der Waals surface area contributed by atoms with Crippen LogP contribution in [0.1, 0.15) is 22.8 Å². The Morgan fingerprint density at radius 1 is 1.00 bits per heavy atom. The Bertz CT molecular complexity index is 1120. The number of para-hydroxylation sites is 1. The molecule has 0 aliphatic heterocycles. The van der Waals surface area contributed by atoms with Gasteiger partial charge in [-0.25, -0.2) is 0 Å². The normalized spacial score (nSPS) is 13.0. The van der Waals surface area contributed by atoms with Crippen molar-refractivity contribution in [1.29, 1.82) is 0 Å². The van der Waals surface area contributed by atoms with E-state index in [1.165, 1.54) is 11.3 Å². The zero-order valence-corrected chi connectivity index (χ0v) is 16.0. The molecule has 2 aromatic heterocycles. The summed E-state index contributed by atoms with van der Waals surface area (Å²) >= 11 is 1.30. The van der Waals surface area contributed by atoms with Crippen LogP contribution in [-0.2, 0) is 0 Å². The molecule has 0 saturated carbocycles. The van der Waals surface area contributed by atoms with Crippen molar-refractivity contribution in [2.24, 2.45) is 0 Å². The van der Waals surface area contributed by atoms with Gasteiger partial charge in [0, 0.05) is 21.7 Å². The molecule has 148 valence electrons. The van der Waals surface area contributed by atoms with Crippen molar-refractivity contribution in [3.05, 3.63) is 76.5 Å². The lowest BCUT2D eigenvalue weighted by atomic mass is 9.79. The van der Waals surface area contributed by atoms with Crippen LogP contribution in [0, 0.1) is 0 Å². The maximum Gasteiger partial charge on any atom is 0.488 e. The lowest BCUT2D eigenvalue weighted by Gasteiger charge is -2.20. The fourth-order valence-corrected chi connectivity index (χ4v) is 4.51. The first-order valence-electron chi connectivity index (χ1n) is 9.01. The third-order valence-corrected chi connectivity index (χ3v) is 5.88. The molecule has 1 atom stereocenters. The third kappa shape index (κ3) is 4.10. The minimum atomic E-state index is -4.34. The molecule has 0 aliphatic carbocycles. The Morgan fingerprint density at radius 2 is 1.79 bits per heavy atom. The number of thiophene rings is 1. The number of nitrogens with one attached hydrogen (secondary N) is 1. The lowest BCUT2D eigenvalue weighted by Crippen LogP contribution is -2.29. The van der Waals surface area contributed by atoms with E-state index < -0.39 is 25.6 Å². The van der Waals surface area contributed by atoms with Crippen molar-refractivity contribution < 1.29 is 23.2 Å². The zero-order chi connectivity index (χ0) is 20.6. The van der Waals surface area contributed by atoms with E-state index in [1.54, 1.807) is 47.8 Å². The predicted molar refractivity (Wildman–Crippen MR) is 110 cm³/mol. The first-order chi connectivity index (χ1) is 13.8. The first kappa shape index (κ1) is 19.8. The second-order valence-electron chi connectivity index (χ2n) is 6.85. The van der Waals surface area contributed by atoms with Crippen LogP contribution in [0.3, 0.4) is 0 Å². The van der Waals surface area contributed by atoms with Gasteiger partial charge in [-0.1, -0.05) is 48.5 Å². The molecule has 2 heterocycles. The molecule has 29 heavy (non-hydrogen) atoms. The average Bonchev–Trinajstić information content (AvgIpc) is 3.33. The Hall–Kier alpha value is -2.55. The Morgan fingerprint density at radius 3 is 2.48 bits per heavy atom. The molecule has 8 heteroatoms. The molecule has 4 rings (SSSR count). The van der Waals surface area contributed by atoms with Crippen molar-refractivity contribution in [3.63, 3.8) is 0 Å². The molecular weight excluding hydrogens is 398 g/mol. The minimum Gasteiger partial charge on any atom is -0.423 e. The summed E-state index contributed by atoms with van der Waals surface area (Å²) in [6, 6.07) is 17.3. The van der Waals surface area contributed by atoms with E-state index in [9.17, 15) is 23.2 Å². The summed E-state index contributed by atoms with van der Waals surface area (Å²) in [6.45, 7) is 0. The summed E-state index contributed by atoms with van der Waals surface area (Å²) in [5, 5.41) is 21.5. The molecule has 4 aromatic rings. The molecule has 0 fully saturated rings. The number of benzene rings is 2. The van der Waals surface area contributed by atoms with Crippen LogP contribution in [0.4, 0.5) is 13.2 Å². The third-order valence-electron chi connectivity index (χ3n) is 4.89. The number of hydrogen-bond donors (Lipinski definition) is 3. The lowest BCUT2D eigenvalue weighted by molar-refractivity contribution is -0.136. The van der Waals surface area contributed by atoms with Crippen LogP contribution in [0.25, 0.3) is 22.2 Å². The van der Waals surface area contributed by atoms with E-state index >= 15 is 0 Å². The number of H-pyrrole nitrogens is 1. The van der Waals surface area contributed by atoms with E-state index in [2.05, 4.69) is 4.98 Å². The van der Waals surface area contributed by atoms with E-state index in [0.717, 1.165) is 10.9 Å². The van der Waals surface area contributed by atoms with Gasteiger partial charge in [0.25, 0.3) is 0 Å². The monoisotopic (exact) mass is 415 g/mol. The fourth-order valence-electron chi connectivity index (χ4n) is 3.67. The molecule has 0 spiro atoms. The standard InChI is InChI=1S/C21H17BF3NO2S/c23-21(24,25)12-16(18-9-4-10-29-18)19-15-7-1-2-8-17(15)26-20(19)13-5-3-6-14(11-13)22(27)28/h1-11,16,26-28H,12H2. The van der Waals surface area contributed by atoms with Crippen LogP contribution < -0.4 is 5.46 Å². The van der Waals surface area contributed by atoms with Gasteiger partial charge in [0.2, 0.25) is 0 Å². The topological polar surface area (TPSA) is 56.2 Å². The number of alkyl halides is 3.